The number of hydrogen-bond acceptors (Lipinski definition) is 1. The lowest BCUT2D eigenvalue weighted by Gasteiger charge is -2.03. The number of aromatic carboxylic acids is 1. The van der Waals surface area contributed by atoms with E-state index in [4.69, 9.17) is 5.11 Å². The molecule has 0 bridgehead atoms. The van der Waals surface area contributed by atoms with Crippen molar-refractivity contribution >= 4 is 16.9 Å². The molecule has 82 valence electrons. The molecule has 1 aromatic heterocycles. The van der Waals surface area contributed by atoms with Crippen molar-refractivity contribution in [2.75, 3.05) is 0 Å². The van der Waals surface area contributed by atoms with Crippen LogP contribution in [0, 0.1) is 0 Å². The Labute approximate surface area is 93.6 Å². The summed E-state index contributed by atoms with van der Waals surface area (Å²) in [6.45, 7) is 6.42. The van der Waals surface area contributed by atoms with Crippen LogP contribution in [0.1, 0.15) is 17.3 Å². The van der Waals surface area contributed by atoms with Crippen molar-refractivity contribution in [3.63, 3.8) is 0 Å². The lowest BCUT2D eigenvalue weighted by molar-refractivity contribution is 0.0699. The molecule has 2 aromatic rings. The number of carboxylic acids is 1. The first-order chi connectivity index (χ1) is 7.59. The quantitative estimate of drug-likeness (QED) is 0.800. The first-order valence-corrected chi connectivity index (χ1v) is 5.05. The molecule has 1 N–H and O–H groups in total. The molecule has 0 amide bonds. The second-order valence-electron chi connectivity index (χ2n) is 3.95. The van der Waals surface area contributed by atoms with Gasteiger partial charge in [-0.05, 0) is 13.0 Å². The van der Waals surface area contributed by atoms with Gasteiger partial charge in [0.2, 0.25) is 0 Å². The summed E-state index contributed by atoms with van der Waals surface area (Å²) in [6, 6.07) is 7.50. The molecule has 0 saturated carbocycles. The Morgan fingerprint density at radius 1 is 1.44 bits per heavy atom. The highest BCUT2D eigenvalue weighted by Crippen LogP contribution is 2.21. The fraction of sp³-hybridized carbons (Fsp3) is 0.154. The number of benzene rings is 1. The van der Waals surface area contributed by atoms with Crippen LogP contribution in [0.5, 0.6) is 0 Å². The van der Waals surface area contributed by atoms with Crippen LogP contribution in [-0.2, 0) is 6.54 Å². The van der Waals surface area contributed by atoms with Crippen LogP contribution in [-0.4, -0.2) is 15.6 Å². The van der Waals surface area contributed by atoms with Gasteiger partial charge < -0.3 is 9.67 Å². The molecule has 0 aliphatic heterocycles. The third-order valence-corrected chi connectivity index (χ3v) is 2.46. The number of allylic oxidation sites excluding steroid dienone is 1. The third kappa shape index (κ3) is 1.72. The Morgan fingerprint density at radius 2 is 2.12 bits per heavy atom. The van der Waals surface area contributed by atoms with Crippen molar-refractivity contribution in [3.05, 3.63) is 48.2 Å². The van der Waals surface area contributed by atoms with Gasteiger partial charge in [0.05, 0.1) is 5.56 Å². The first-order valence-electron chi connectivity index (χ1n) is 5.05. The maximum Gasteiger partial charge on any atom is 0.337 e. The number of para-hydroxylation sites is 1. The van der Waals surface area contributed by atoms with Crippen molar-refractivity contribution in [2.45, 2.75) is 13.5 Å². The molecular formula is C13H13NO2. The highest BCUT2D eigenvalue weighted by Gasteiger charge is 2.13. The average molecular weight is 215 g/mol. The van der Waals surface area contributed by atoms with Gasteiger partial charge in [0.15, 0.2) is 0 Å². The van der Waals surface area contributed by atoms with Gasteiger partial charge in [-0.3, -0.25) is 0 Å². The number of carboxylic acid groups (broad SMARTS) is 1. The van der Waals surface area contributed by atoms with Crippen molar-refractivity contribution in [1.29, 1.82) is 0 Å². The van der Waals surface area contributed by atoms with Crippen LogP contribution < -0.4 is 0 Å². The molecule has 1 aromatic carbocycles. The lowest BCUT2D eigenvalue weighted by Crippen LogP contribution is -1.97. The van der Waals surface area contributed by atoms with E-state index in [1.165, 1.54) is 0 Å². The molecule has 3 nitrogen and oxygen atoms in total. The van der Waals surface area contributed by atoms with Crippen molar-refractivity contribution in [1.82, 2.24) is 4.57 Å². The maximum absolute atomic E-state index is 11.1. The van der Waals surface area contributed by atoms with E-state index in [9.17, 15) is 4.79 Å². The largest absolute Gasteiger partial charge is 0.478 e. The standard InChI is InChI=1S/C13H13NO2/c1-9(2)7-14-8-11(13(15)16)10-5-3-4-6-12(10)14/h3-6,8H,1,7H2,2H3,(H,15,16). The summed E-state index contributed by atoms with van der Waals surface area (Å²) in [4.78, 5) is 11.1. The van der Waals surface area contributed by atoms with Gasteiger partial charge >= 0.3 is 5.97 Å². The fourth-order valence-electron chi connectivity index (χ4n) is 1.84. The Kier molecular flexibility index (Phi) is 2.52. The van der Waals surface area contributed by atoms with E-state index in [2.05, 4.69) is 6.58 Å². The Balaban J connectivity index is 2.66. The zero-order valence-electron chi connectivity index (χ0n) is 9.10. The highest BCUT2D eigenvalue weighted by atomic mass is 16.4. The normalized spacial score (nSPS) is 10.6. The van der Waals surface area contributed by atoms with Crippen molar-refractivity contribution in [3.8, 4) is 0 Å². The minimum absolute atomic E-state index is 0.344. The van der Waals surface area contributed by atoms with E-state index in [1.54, 1.807) is 6.20 Å². The predicted octanol–water partition coefficient (Wildman–Crippen LogP) is 2.92. The number of carbonyl (C=O) groups is 1. The molecule has 0 aliphatic rings. The molecule has 3 heteroatoms. The Hall–Kier alpha value is -2.03. The summed E-state index contributed by atoms with van der Waals surface area (Å²) >= 11 is 0. The summed E-state index contributed by atoms with van der Waals surface area (Å²) < 4.78 is 1.92. The van der Waals surface area contributed by atoms with Gasteiger partial charge in [0.25, 0.3) is 0 Å². The zero-order valence-corrected chi connectivity index (χ0v) is 9.10. The Bertz CT molecular complexity index is 566. The molecule has 0 saturated heterocycles. The monoisotopic (exact) mass is 215 g/mol. The van der Waals surface area contributed by atoms with Gasteiger partial charge in [-0.2, -0.15) is 0 Å². The van der Waals surface area contributed by atoms with Gasteiger partial charge in [-0.15, -0.1) is 0 Å². The molecule has 0 unspecified atom stereocenters. The molecular weight excluding hydrogens is 202 g/mol. The molecule has 0 spiro atoms. The molecule has 0 atom stereocenters. The van der Waals surface area contributed by atoms with E-state index in [0.29, 0.717) is 12.1 Å². The number of nitrogens with zero attached hydrogens (tertiary/aromatic N) is 1. The topological polar surface area (TPSA) is 42.2 Å². The fourth-order valence-corrected chi connectivity index (χ4v) is 1.84. The summed E-state index contributed by atoms with van der Waals surface area (Å²) in [5, 5.41) is 9.87. The number of rotatable bonds is 3. The summed E-state index contributed by atoms with van der Waals surface area (Å²) in [7, 11) is 0. The van der Waals surface area contributed by atoms with E-state index in [0.717, 1.165) is 16.5 Å². The van der Waals surface area contributed by atoms with Crippen LogP contribution in [0.3, 0.4) is 0 Å². The first kappa shape index (κ1) is 10.5. The van der Waals surface area contributed by atoms with E-state index >= 15 is 0 Å². The van der Waals surface area contributed by atoms with Crippen LogP contribution in [0.4, 0.5) is 0 Å². The second-order valence-corrected chi connectivity index (χ2v) is 3.95. The van der Waals surface area contributed by atoms with E-state index < -0.39 is 5.97 Å². The summed E-state index contributed by atoms with van der Waals surface area (Å²) in [5.74, 6) is -0.892. The smallest absolute Gasteiger partial charge is 0.337 e. The summed E-state index contributed by atoms with van der Waals surface area (Å²) in [6.07, 6.45) is 1.67. The number of hydrogen-bond donors (Lipinski definition) is 1. The highest BCUT2D eigenvalue weighted by molar-refractivity contribution is 6.03. The molecule has 2 rings (SSSR count). The summed E-state index contributed by atoms with van der Waals surface area (Å²) in [5.41, 5.74) is 2.28. The van der Waals surface area contributed by atoms with E-state index in [-0.39, 0.29) is 0 Å². The molecule has 0 aliphatic carbocycles. The van der Waals surface area contributed by atoms with Crippen LogP contribution in [0.2, 0.25) is 0 Å². The SMILES string of the molecule is C=C(C)Cn1cc(C(=O)O)c2ccccc21. The molecule has 1 heterocycles. The Morgan fingerprint density at radius 3 is 2.75 bits per heavy atom. The minimum atomic E-state index is -0.892. The van der Waals surface area contributed by atoms with Crippen LogP contribution in [0.15, 0.2) is 42.6 Å². The van der Waals surface area contributed by atoms with Gasteiger partial charge in [0.1, 0.15) is 0 Å². The van der Waals surface area contributed by atoms with Crippen molar-refractivity contribution < 1.29 is 9.90 Å². The van der Waals surface area contributed by atoms with E-state index in [1.807, 2.05) is 35.8 Å². The lowest BCUT2D eigenvalue weighted by atomic mass is 10.2. The number of aromatic nitrogens is 1. The zero-order chi connectivity index (χ0) is 11.7. The minimum Gasteiger partial charge on any atom is -0.478 e. The van der Waals surface area contributed by atoms with Crippen LogP contribution >= 0.6 is 0 Å². The predicted molar refractivity (Wildman–Crippen MR) is 63.7 cm³/mol. The second kappa shape index (κ2) is 3.85. The van der Waals surface area contributed by atoms with Crippen molar-refractivity contribution in [2.24, 2.45) is 0 Å². The maximum atomic E-state index is 11.1. The average Bonchev–Trinajstić information content (AvgIpc) is 2.57. The van der Waals surface area contributed by atoms with Gasteiger partial charge in [-0.1, -0.05) is 30.4 Å². The molecule has 0 radical (unpaired) electrons. The number of fused-ring (bicyclic) bond motifs is 1. The van der Waals surface area contributed by atoms with Gasteiger partial charge in [-0.25, -0.2) is 4.79 Å². The third-order valence-electron chi connectivity index (χ3n) is 2.46. The van der Waals surface area contributed by atoms with Crippen LogP contribution in [0.25, 0.3) is 10.9 Å². The van der Waals surface area contributed by atoms with Gasteiger partial charge in [0, 0.05) is 23.6 Å². The molecule has 16 heavy (non-hydrogen) atoms. The molecule has 0 fully saturated rings.